The van der Waals surface area contributed by atoms with Crippen LogP contribution in [0.2, 0.25) is 0 Å². The zero-order valence-corrected chi connectivity index (χ0v) is 9.12. The Morgan fingerprint density at radius 3 is 3.00 bits per heavy atom. The molecule has 2 N–H and O–H groups in total. The minimum atomic E-state index is -0.942. The number of aromatic carboxylic acids is 1. The molecule has 0 spiro atoms. The summed E-state index contributed by atoms with van der Waals surface area (Å²) in [5, 5.41) is 13.9. The van der Waals surface area contributed by atoms with Crippen molar-refractivity contribution in [1.82, 2.24) is 9.97 Å². The Morgan fingerprint density at radius 1 is 1.50 bits per heavy atom. The number of carbonyl (C=O) groups is 1. The molecule has 2 aromatic heterocycles. The first kappa shape index (κ1) is 9.53. The van der Waals surface area contributed by atoms with E-state index in [-0.39, 0.29) is 5.56 Å². The highest BCUT2D eigenvalue weighted by molar-refractivity contribution is 7.18. The molecule has 1 aliphatic carbocycles. The molecule has 0 radical (unpaired) electrons. The molecule has 1 aliphatic rings. The van der Waals surface area contributed by atoms with Crippen LogP contribution >= 0.6 is 11.3 Å². The first-order valence-corrected chi connectivity index (χ1v) is 5.85. The molecule has 0 aromatic carbocycles. The van der Waals surface area contributed by atoms with Gasteiger partial charge in [-0.2, -0.15) is 0 Å². The lowest BCUT2D eigenvalue weighted by molar-refractivity contribution is 0.0699. The number of hydrogen-bond donors (Lipinski definition) is 2. The number of nitrogens with one attached hydrogen (secondary N) is 1. The van der Waals surface area contributed by atoms with Gasteiger partial charge in [0.25, 0.3) is 0 Å². The number of fused-ring (bicyclic) bond motifs is 1. The van der Waals surface area contributed by atoms with Gasteiger partial charge in [-0.15, -0.1) is 11.3 Å². The average molecular weight is 235 g/mol. The van der Waals surface area contributed by atoms with E-state index in [1.807, 2.05) is 0 Å². The van der Waals surface area contributed by atoms with Crippen LogP contribution < -0.4 is 5.32 Å². The normalized spacial score (nSPS) is 15.2. The molecule has 5 nitrogen and oxygen atoms in total. The van der Waals surface area contributed by atoms with Crippen molar-refractivity contribution in [3.8, 4) is 0 Å². The Balaban J connectivity index is 2.12. The maximum absolute atomic E-state index is 10.9. The van der Waals surface area contributed by atoms with Gasteiger partial charge in [0.1, 0.15) is 17.7 Å². The summed E-state index contributed by atoms with van der Waals surface area (Å²) in [5.41, 5.74) is 0.775. The van der Waals surface area contributed by atoms with Crippen LogP contribution in [0.5, 0.6) is 0 Å². The molecule has 16 heavy (non-hydrogen) atoms. The molecule has 6 heteroatoms. The first-order valence-electron chi connectivity index (χ1n) is 4.98. The number of carboxylic acid groups (broad SMARTS) is 1. The monoisotopic (exact) mass is 235 g/mol. The number of aromatic nitrogens is 2. The van der Waals surface area contributed by atoms with Gasteiger partial charge in [-0.25, -0.2) is 14.8 Å². The third kappa shape index (κ3) is 1.51. The molecule has 1 fully saturated rings. The summed E-state index contributed by atoms with van der Waals surface area (Å²) in [6.07, 6.45) is 3.72. The third-order valence-electron chi connectivity index (χ3n) is 2.50. The van der Waals surface area contributed by atoms with Gasteiger partial charge >= 0.3 is 5.97 Å². The quantitative estimate of drug-likeness (QED) is 0.850. The summed E-state index contributed by atoms with van der Waals surface area (Å²) in [5.74, 6) is -0.188. The van der Waals surface area contributed by atoms with Gasteiger partial charge in [0, 0.05) is 11.4 Å². The molecule has 0 saturated heterocycles. The fraction of sp³-hybridized carbons (Fsp3) is 0.300. The molecular weight excluding hydrogens is 226 g/mol. The Hall–Kier alpha value is -1.69. The summed E-state index contributed by atoms with van der Waals surface area (Å²) < 4.78 is 0.826. The van der Waals surface area contributed by atoms with Crippen molar-refractivity contribution >= 4 is 33.3 Å². The predicted octanol–water partition coefficient (Wildman–Crippen LogP) is 1.96. The van der Waals surface area contributed by atoms with Crippen molar-refractivity contribution in [2.45, 2.75) is 18.9 Å². The average Bonchev–Trinajstić information content (AvgIpc) is 2.95. The van der Waals surface area contributed by atoms with Crippen molar-refractivity contribution in [2.24, 2.45) is 0 Å². The summed E-state index contributed by atoms with van der Waals surface area (Å²) in [6, 6.07) is 0.494. The minimum Gasteiger partial charge on any atom is -0.478 e. The lowest BCUT2D eigenvalue weighted by Gasteiger charge is -2.03. The Labute approximate surface area is 95.2 Å². The van der Waals surface area contributed by atoms with Crippen molar-refractivity contribution < 1.29 is 9.90 Å². The maximum Gasteiger partial charge on any atom is 0.338 e. The van der Waals surface area contributed by atoms with Gasteiger partial charge in [-0.05, 0) is 12.8 Å². The number of thiophene rings is 1. The van der Waals surface area contributed by atoms with Crippen LogP contribution in [0.1, 0.15) is 23.2 Å². The predicted molar refractivity (Wildman–Crippen MR) is 61.0 cm³/mol. The van der Waals surface area contributed by atoms with E-state index >= 15 is 0 Å². The van der Waals surface area contributed by atoms with E-state index in [0.29, 0.717) is 11.6 Å². The van der Waals surface area contributed by atoms with E-state index in [1.165, 1.54) is 17.7 Å². The largest absolute Gasteiger partial charge is 0.478 e. The first-order chi connectivity index (χ1) is 7.75. The molecule has 2 aromatic rings. The van der Waals surface area contributed by atoms with E-state index in [0.717, 1.165) is 23.4 Å². The molecular formula is C10H9N3O2S. The molecule has 2 heterocycles. The number of carboxylic acids is 1. The van der Waals surface area contributed by atoms with Gasteiger partial charge in [-0.1, -0.05) is 0 Å². The minimum absolute atomic E-state index is 0.251. The number of anilines is 1. The van der Waals surface area contributed by atoms with Crippen molar-refractivity contribution in [1.29, 1.82) is 0 Å². The highest BCUT2D eigenvalue weighted by atomic mass is 32.1. The second kappa shape index (κ2) is 3.41. The van der Waals surface area contributed by atoms with Crippen molar-refractivity contribution in [2.75, 3.05) is 5.32 Å². The number of nitrogens with zero attached hydrogens (tertiary/aromatic N) is 2. The topological polar surface area (TPSA) is 75.1 Å². The summed E-state index contributed by atoms with van der Waals surface area (Å²) in [4.78, 5) is 19.1. The van der Waals surface area contributed by atoms with Crippen LogP contribution in [0.15, 0.2) is 11.7 Å². The maximum atomic E-state index is 10.9. The molecule has 0 unspecified atom stereocenters. The van der Waals surface area contributed by atoms with Gasteiger partial charge in [0.15, 0.2) is 0 Å². The van der Waals surface area contributed by atoms with Crippen LogP contribution in [0.4, 0.5) is 5.82 Å². The van der Waals surface area contributed by atoms with E-state index in [9.17, 15) is 4.79 Å². The van der Waals surface area contributed by atoms with Gasteiger partial charge in [0.2, 0.25) is 0 Å². The summed E-state index contributed by atoms with van der Waals surface area (Å²) >= 11 is 1.37. The lowest BCUT2D eigenvalue weighted by Crippen LogP contribution is -2.03. The second-order valence-electron chi connectivity index (χ2n) is 3.77. The third-order valence-corrected chi connectivity index (χ3v) is 3.48. The van der Waals surface area contributed by atoms with E-state index in [4.69, 9.17) is 5.11 Å². The van der Waals surface area contributed by atoms with Crippen LogP contribution in [0.25, 0.3) is 10.2 Å². The molecule has 3 rings (SSSR count). The number of hydrogen-bond acceptors (Lipinski definition) is 5. The zero-order valence-electron chi connectivity index (χ0n) is 8.30. The Kier molecular flexibility index (Phi) is 2.03. The molecule has 0 atom stereocenters. The SMILES string of the molecule is O=C(O)c1csc2c(NC3CC3)ncnc12. The van der Waals surface area contributed by atoms with Crippen molar-refractivity contribution in [3.63, 3.8) is 0 Å². The zero-order chi connectivity index (χ0) is 11.1. The van der Waals surface area contributed by atoms with Gasteiger partial charge in [0.05, 0.1) is 10.3 Å². The summed E-state index contributed by atoms with van der Waals surface area (Å²) in [6.45, 7) is 0. The Bertz CT molecular complexity index is 562. The van der Waals surface area contributed by atoms with Crippen LogP contribution in [-0.2, 0) is 0 Å². The molecule has 0 amide bonds. The molecule has 0 aliphatic heterocycles. The number of rotatable bonds is 3. The summed E-state index contributed by atoms with van der Waals surface area (Å²) in [7, 11) is 0. The Morgan fingerprint density at radius 2 is 2.31 bits per heavy atom. The van der Waals surface area contributed by atoms with E-state index in [1.54, 1.807) is 5.38 Å². The van der Waals surface area contributed by atoms with E-state index < -0.39 is 5.97 Å². The van der Waals surface area contributed by atoms with E-state index in [2.05, 4.69) is 15.3 Å². The van der Waals surface area contributed by atoms with Crippen LogP contribution in [-0.4, -0.2) is 27.1 Å². The van der Waals surface area contributed by atoms with Crippen molar-refractivity contribution in [3.05, 3.63) is 17.3 Å². The molecule has 82 valence electrons. The highest BCUT2D eigenvalue weighted by Gasteiger charge is 2.23. The highest BCUT2D eigenvalue weighted by Crippen LogP contribution is 2.32. The lowest BCUT2D eigenvalue weighted by atomic mass is 10.3. The smallest absolute Gasteiger partial charge is 0.338 e. The van der Waals surface area contributed by atoms with Crippen LogP contribution in [0, 0.1) is 0 Å². The standard InChI is InChI=1S/C10H9N3O2S/c14-10(15)6-3-16-8-7(6)11-4-12-9(8)13-5-1-2-5/h3-5H,1-2H2,(H,14,15)(H,11,12,13). The second-order valence-corrected chi connectivity index (χ2v) is 4.65. The van der Waals surface area contributed by atoms with Crippen LogP contribution in [0.3, 0.4) is 0 Å². The molecule has 0 bridgehead atoms. The fourth-order valence-electron chi connectivity index (χ4n) is 1.53. The fourth-order valence-corrected chi connectivity index (χ4v) is 2.47. The molecule has 1 saturated carbocycles. The van der Waals surface area contributed by atoms with Gasteiger partial charge in [-0.3, -0.25) is 0 Å². The van der Waals surface area contributed by atoms with Gasteiger partial charge < -0.3 is 10.4 Å².